The van der Waals surface area contributed by atoms with Crippen LogP contribution in [0.1, 0.15) is 132 Å². The van der Waals surface area contributed by atoms with E-state index in [0.29, 0.717) is 43.3 Å². The second kappa shape index (κ2) is 19.2. The molecule has 6 heterocycles. The third-order valence-electron chi connectivity index (χ3n) is 16.8. The predicted molar refractivity (Wildman–Crippen MR) is 275 cm³/mol. The summed E-state index contributed by atoms with van der Waals surface area (Å²) >= 11 is 0. The molecule has 2 aromatic heterocycles. The topological polar surface area (TPSA) is 190 Å². The van der Waals surface area contributed by atoms with E-state index in [-0.39, 0.29) is 69.9 Å². The molecule has 11 rings (SSSR count). The third kappa shape index (κ3) is 9.59. The number of anilines is 2. The molecule has 1 amide bonds. The van der Waals surface area contributed by atoms with Crippen molar-refractivity contribution >= 4 is 44.0 Å². The van der Waals surface area contributed by atoms with Gasteiger partial charge < -0.3 is 34.1 Å². The summed E-state index contributed by atoms with van der Waals surface area (Å²) in [5.41, 5.74) is 4.50. The van der Waals surface area contributed by atoms with Gasteiger partial charge in [0.1, 0.15) is 24.1 Å². The lowest BCUT2D eigenvalue weighted by atomic mass is 9.59. The number of hydrogen-bond acceptors (Lipinski definition) is 13. The SMILES string of the molecule is CC(C)c1ccccc1[C@H]1CCCN1C1CC2(CCN(c3ccc(C(=O)NS(=O)(=O)c4cc5c(c([N+](=O)[O-])c4)N[C@@H](C4CCC(C)(C)CC4)CO5)c(Oc4cc5cc[nH]c5nc4O[C@@H]4CCOC4)c3)CC2)C1. The van der Waals surface area contributed by atoms with Gasteiger partial charge in [-0.15, -0.1) is 0 Å². The van der Waals surface area contributed by atoms with Gasteiger partial charge in [-0.2, -0.15) is 4.98 Å². The number of piperidine rings is 1. The number of likely N-dealkylation sites (tertiary alicyclic amines) is 1. The zero-order valence-corrected chi connectivity index (χ0v) is 42.6. The van der Waals surface area contributed by atoms with Gasteiger partial charge in [0.15, 0.2) is 17.2 Å². The summed E-state index contributed by atoms with van der Waals surface area (Å²) in [5, 5.41) is 16.6. The fourth-order valence-corrected chi connectivity index (χ4v) is 13.5. The lowest BCUT2D eigenvalue weighted by molar-refractivity contribution is -0.384. The maximum atomic E-state index is 14.4. The molecule has 3 N–H and O–H groups in total. The summed E-state index contributed by atoms with van der Waals surface area (Å²) in [6.07, 6.45) is 13.0. The number of rotatable bonds is 13. The number of benzene rings is 3. The van der Waals surface area contributed by atoms with E-state index in [9.17, 15) is 23.3 Å². The number of H-pyrrole nitrogens is 1. The van der Waals surface area contributed by atoms with Crippen molar-refractivity contribution in [2.45, 2.75) is 133 Å². The summed E-state index contributed by atoms with van der Waals surface area (Å²) < 4.78 is 55.3. The van der Waals surface area contributed by atoms with Crippen LogP contribution in [0, 0.1) is 26.9 Å². The zero-order valence-electron chi connectivity index (χ0n) is 41.8. The predicted octanol–water partition coefficient (Wildman–Crippen LogP) is 10.6. The number of nitrogens with one attached hydrogen (secondary N) is 3. The quantitative estimate of drug-likeness (QED) is 0.0747. The van der Waals surface area contributed by atoms with Gasteiger partial charge in [-0.3, -0.25) is 19.8 Å². The molecule has 2 aliphatic carbocycles. The average Bonchev–Trinajstić information content (AvgIpc) is 4.16. The summed E-state index contributed by atoms with van der Waals surface area (Å²) in [7, 11) is -4.69. The monoisotopic (exact) mass is 1000 g/mol. The van der Waals surface area contributed by atoms with Crippen molar-refractivity contribution in [3.63, 3.8) is 0 Å². The number of amides is 1. The van der Waals surface area contributed by atoms with Crippen LogP contribution in [-0.2, 0) is 14.8 Å². The molecule has 0 unspecified atom stereocenters. The Hall–Kier alpha value is -5.91. The van der Waals surface area contributed by atoms with Crippen molar-refractivity contribution in [1.29, 1.82) is 0 Å². The number of aromatic amines is 1. The number of fused-ring (bicyclic) bond motifs is 2. The molecule has 382 valence electrons. The van der Waals surface area contributed by atoms with Gasteiger partial charge in [-0.1, -0.05) is 52.0 Å². The van der Waals surface area contributed by atoms with Crippen LogP contribution in [0.3, 0.4) is 0 Å². The Morgan fingerprint density at radius 1 is 0.944 bits per heavy atom. The molecule has 3 saturated heterocycles. The number of nitrogens with zero attached hydrogens (tertiary/aromatic N) is 4. The number of aromatic nitrogens is 2. The Morgan fingerprint density at radius 3 is 2.49 bits per heavy atom. The number of sulfonamides is 1. The van der Waals surface area contributed by atoms with Gasteiger partial charge >= 0.3 is 0 Å². The Kier molecular flexibility index (Phi) is 12.9. The van der Waals surface area contributed by atoms with E-state index in [1.54, 1.807) is 24.4 Å². The van der Waals surface area contributed by atoms with Crippen molar-refractivity contribution in [2.75, 3.05) is 49.7 Å². The van der Waals surface area contributed by atoms with E-state index < -0.39 is 31.4 Å². The molecular formula is C55H67N7O9S. The molecule has 4 aliphatic heterocycles. The van der Waals surface area contributed by atoms with Crippen molar-refractivity contribution in [3.05, 3.63) is 99.7 Å². The van der Waals surface area contributed by atoms with Crippen molar-refractivity contribution < 1.29 is 37.1 Å². The highest BCUT2D eigenvalue weighted by atomic mass is 32.2. The Balaban J connectivity index is 0.842. The number of carbonyl (C=O) groups is 1. The summed E-state index contributed by atoms with van der Waals surface area (Å²) in [6, 6.07) is 20.9. The molecule has 0 bridgehead atoms. The minimum Gasteiger partial charge on any atom is -0.489 e. The Labute approximate surface area is 421 Å². The zero-order chi connectivity index (χ0) is 49.9. The molecule has 72 heavy (non-hydrogen) atoms. The fraction of sp³-hybridized carbons (Fsp3) is 0.527. The van der Waals surface area contributed by atoms with Crippen LogP contribution < -0.4 is 29.1 Å². The van der Waals surface area contributed by atoms with Gasteiger partial charge in [-0.25, -0.2) is 13.1 Å². The number of pyridine rings is 1. The Morgan fingerprint density at radius 2 is 1.74 bits per heavy atom. The number of hydrogen-bond donors (Lipinski definition) is 3. The third-order valence-corrected chi connectivity index (χ3v) is 18.1. The minimum atomic E-state index is -4.69. The molecule has 3 aromatic carbocycles. The minimum absolute atomic E-state index is 0.0408. The van der Waals surface area contributed by atoms with Gasteiger partial charge in [0.05, 0.1) is 34.6 Å². The van der Waals surface area contributed by atoms with Crippen LogP contribution in [0.15, 0.2) is 77.8 Å². The Bertz CT molecular complexity index is 2960. The van der Waals surface area contributed by atoms with Gasteiger partial charge in [0.2, 0.25) is 0 Å². The highest BCUT2D eigenvalue weighted by Crippen LogP contribution is 2.55. The molecule has 1 spiro atoms. The first-order valence-electron chi connectivity index (χ1n) is 26.0. The molecule has 3 atom stereocenters. The molecule has 17 heteroatoms. The summed E-state index contributed by atoms with van der Waals surface area (Å²) in [4.78, 5) is 38.8. The van der Waals surface area contributed by atoms with Gasteiger partial charge in [0, 0.05) is 67.1 Å². The smallest absolute Gasteiger partial charge is 0.297 e. The molecule has 2 saturated carbocycles. The maximum Gasteiger partial charge on any atom is 0.297 e. The van der Waals surface area contributed by atoms with E-state index in [4.69, 9.17) is 23.9 Å². The lowest BCUT2D eigenvalue weighted by Gasteiger charge is -2.56. The molecule has 16 nitrogen and oxygen atoms in total. The first kappa shape index (κ1) is 48.4. The second-order valence-electron chi connectivity index (χ2n) is 22.4. The second-order valence-corrected chi connectivity index (χ2v) is 24.1. The van der Waals surface area contributed by atoms with Crippen LogP contribution in [0.4, 0.5) is 17.1 Å². The van der Waals surface area contributed by atoms with Crippen LogP contribution in [0.5, 0.6) is 23.1 Å². The molecular weight excluding hydrogens is 935 g/mol. The van der Waals surface area contributed by atoms with E-state index >= 15 is 0 Å². The highest BCUT2D eigenvalue weighted by Gasteiger charge is 2.50. The molecule has 5 fully saturated rings. The molecule has 6 aliphatic rings. The number of carbonyl (C=O) groups excluding carboxylic acids is 1. The van der Waals surface area contributed by atoms with E-state index in [2.05, 4.69) is 76.8 Å². The molecule has 0 radical (unpaired) electrons. The van der Waals surface area contributed by atoms with Crippen LogP contribution in [0.25, 0.3) is 11.0 Å². The largest absolute Gasteiger partial charge is 0.489 e. The maximum absolute atomic E-state index is 14.4. The summed E-state index contributed by atoms with van der Waals surface area (Å²) in [5.74, 6) is 0.329. The highest BCUT2D eigenvalue weighted by molar-refractivity contribution is 7.90. The number of nitro groups is 1. The van der Waals surface area contributed by atoms with E-state index in [1.807, 2.05) is 12.1 Å². The first-order chi connectivity index (χ1) is 34.6. The lowest BCUT2D eigenvalue weighted by Crippen LogP contribution is -2.54. The average molecular weight is 1000 g/mol. The van der Waals surface area contributed by atoms with Crippen LogP contribution in [-0.4, -0.2) is 91.8 Å². The number of nitro benzene ring substituents is 1. The fourth-order valence-electron chi connectivity index (χ4n) is 12.5. The summed E-state index contributed by atoms with van der Waals surface area (Å²) in [6.45, 7) is 13.0. The van der Waals surface area contributed by atoms with E-state index in [0.717, 1.165) is 75.3 Å². The van der Waals surface area contributed by atoms with Gasteiger partial charge in [-0.05, 0) is 129 Å². The molecule has 5 aromatic rings. The van der Waals surface area contributed by atoms with Gasteiger partial charge in [0.25, 0.3) is 27.5 Å². The number of ether oxygens (including phenoxy) is 4. The normalized spacial score (nSPS) is 23.3. The van der Waals surface area contributed by atoms with Crippen LogP contribution >= 0.6 is 0 Å². The van der Waals surface area contributed by atoms with Crippen molar-refractivity contribution in [3.8, 4) is 23.1 Å². The van der Waals surface area contributed by atoms with Crippen molar-refractivity contribution in [2.24, 2.45) is 16.7 Å². The standard InChI is InChI=1S/C55H67N7O9S/c1-34(2)41-8-5-6-9-42(41)45-10-7-22-61(45)38-30-55(31-38)19-23-60(24-20-55)37-11-12-43(47(27-37)71-49-26-36-15-21-56-51(36)58-53(49)70-39-16-25-68-32-39)52(63)59-72(66,67)40-28-46(62(64)65)50-48(29-40)69-33-44(57-50)35-13-17-54(3,4)18-14-35/h5-6,8-9,11-12,15,21,26-29,34-35,38-39,44-45,57H,7,10,13-14,16-20,22-25,30-33H2,1-4H3,(H,56,58)(H,59,63)/t39-,44-,45-/m1/s1. The first-order valence-corrected chi connectivity index (χ1v) is 27.5. The van der Waals surface area contributed by atoms with E-state index in [1.165, 1.54) is 42.9 Å². The van der Waals surface area contributed by atoms with Crippen molar-refractivity contribution in [1.82, 2.24) is 19.6 Å². The van der Waals surface area contributed by atoms with Crippen LogP contribution in [0.2, 0.25) is 0 Å².